The maximum Gasteiger partial charge on any atom is 0.417 e. The van der Waals surface area contributed by atoms with Gasteiger partial charge in [0.05, 0.1) is 11.1 Å². The lowest BCUT2D eigenvalue weighted by Crippen LogP contribution is -2.21. The summed E-state index contributed by atoms with van der Waals surface area (Å²) < 4.78 is 38.7. The molecule has 1 amide bonds. The number of primary amides is 1. The first kappa shape index (κ1) is 15.1. The van der Waals surface area contributed by atoms with Crippen LogP contribution in [0.25, 0.3) is 0 Å². The maximum atomic E-state index is 12.9. The van der Waals surface area contributed by atoms with Crippen LogP contribution in [-0.4, -0.2) is 10.9 Å². The molecule has 0 bridgehead atoms. The van der Waals surface area contributed by atoms with Gasteiger partial charge in [-0.25, -0.2) is 4.98 Å². The largest absolute Gasteiger partial charge is 0.417 e. The zero-order chi connectivity index (χ0) is 15.6. The number of carbonyl (C=O) groups excluding carboxylic acids is 1. The molecule has 2 rings (SSSR count). The number of amides is 1. The van der Waals surface area contributed by atoms with E-state index in [-0.39, 0.29) is 5.82 Å². The molecule has 1 aromatic carbocycles. The van der Waals surface area contributed by atoms with Gasteiger partial charge >= 0.3 is 6.18 Å². The van der Waals surface area contributed by atoms with Crippen LogP contribution in [-0.2, 0) is 6.18 Å². The van der Waals surface area contributed by atoms with Crippen LogP contribution in [0.2, 0.25) is 5.02 Å². The first-order valence-electron chi connectivity index (χ1n) is 5.67. The summed E-state index contributed by atoms with van der Waals surface area (Å²) in [5.74, 6) is -1.50. The Labute approximate surface area is 122 Å². The van der Waals surface area contributed by atoms with Gasteiger partial charge in [-0.15, -0.1) is 0 Å². The molecule has 21 heavy (non-hydrogen) atoms. The number of hydrogen-bond donors (Lipinski definition) is 2. The molecule has 4 nitrogen and oxygen atoms in total. The molecule has 1 aromatic heterocycles. The number of halogens is 4. The van der Waals surface area contributed by atoms with Crippen LogP contribution in [0, 0.1) is 0 Å². The lowest BCUT2D eigenvalue weighted by Gasteiger charge is -2.15. The molecule has 0 aliphatic heterocycles. The summed E-state index contributed by atoms with van der Waals surface area (Å²) >= 11 is 5.79. The molecule has 0 unspecified atom stereocenters. The van der Waals surface area contributed by atoms with Crippen molar-refractivity contribution in [2.45, 2.75) is 6.18 Å². The molecule has 0 aliphatic rings. The first-order chi connectivity index (χ1) is 9.79. The molecule has 0 atom stereocenters. The van der Waals surface area contributed by atoms with Crippen LogP contribution in [0.15, 0.2) is 36.5 Å². The quantitative estimate of drug-likeness (QED) is 0.909. The van der Waals surface area contributed by atoms with Crippen molar-refractivity contribution in [3.63, 3.8) is 0 Å². The Kier molecular flexibility index (Phi) is 4.04. The maximum absolute atomic E-state index is 12.9. The third-order valence-electron chi connectivity index (χ3n) is 2.59. The summed E-state index contributed by atoms with van der Waals surface area (Å²) in [5, 5.41) is 2.99. The number of carbonyl (C=O) groups is 1. The Morgan fingerprint density at radius 2 is 2.00 bits per heavy atom. The second-order valence-corrected chi connectivity index (χ2v) is 4.52. The van der Waals surface area contributed by atoms with Gasteiger partial charge < -0.3 is 11.1 Å². The predicted molar refractivity (Wildman–Crippen MR) is 72.5 cm³/mol. The number of alkyl halides is 3. The number of nitrogens with zero attached hydrogens (tertiary/aromatic N) is 1. The average molecular weight is 316 g/mol. The van der Waals surface area contributed by atoms with Crippen LogP contribution in [0.5, 0.6) is 0 Å². The molecule has 0 fully saturated rings. The summed E-state index contributed by atoms with van der Waals surface area (Å²) in [5.41, 5.74) is 3.58. The summed E-state index contributed by atoms with van der Waals surface area (Å²) in [6.07, 6.45) is -3.76. The van der Waals surface area contributed by atoms with E-state index in [2.05, 4.69) is 10.3 Å². The van der Waals surface area contributed by atoms with Crippen molar-refractivity contribution in [2.24, 2.45) is 5.73 Å². The minimum Gasteiger partial charge on any atom is -0.365 e. The van der Waals surface area contributed by atoms with Gasteiger partial charge in [0.1, 0.15) is 5.82 Å². The van der Waals surface area contributed by atoms with Crippen LogP contribution in [0.3, 0.4) is 0 Å². The minimum atomic E-state index is -4.71. The van der Waals surface area contributed by atoms with Crippen molar-refractivity contribution < 1.29 is 18.0 Å². The Hall–Kier alpha value is -2.28. The van der Waals surface area contributed by atoms with Crippen molar-refractivity contribution >= 4 is 29.0 Å². The number of benzene rings is 1. The molecular weight excluding hydrogens is 307 g/mol. The number of nitrogens with one attached hydrogen (secondary N) is 1. The van der Waals surface area contributed by atoms with E-state index in [0.717, 1.165) is 6.20 Å². The van der Waals surface area contributed by atoms with E-state index >= 15 is 0 Å². The minimum absolute atomic E-state index is 0.278. The summed E-state index contributed by atoms with van der Waals surface area (Å²) in [7, 11) is 0. The standard InChI is InChI=1S/C13H9ClF3N3O/c14-7-2-1-3-8(6-7)20-12-10(11(18)21)9(4-5-19-12)13(15,16)17/h1-6H,(H2,18,21)(H,19,20). The fraction of sp³-hybridized carbons (Fsp3) is 0.0769. The Bertz CT molecular complexity index is 689. The predicted octanol–water partition coefficient (Wildman–Crippen LogP) is 3.60. The highest BCUT2D eigenvalue weighted by atomic mass is 35.5. The lowest BCUT2D eigenvalue weighted by molar-refractivity contribution is -0.137. The highest BCUT2D eigenvalue weighted by Crippen LogP contribution is 2.34. The van der Waals surface area contributed by atoms with Crippen molar-refractivity contribution in [1.29, 1.82) is 0 Å². The molecule has 0 spiro atoms. The molecule has 0 saturated heterocycles. The Balaban J connectivity index is 2.51. The fourth-order valence-corrected chi connectivity index (χ4v) is 1.94. The Morgan fingerprint density at radius 3 is 2.57 bits per heavy atom. The molecule has 0 aliphatic carbocycles. The number of hydrogen-bond acceptors (Lipinski definition) is 3. The molecule has 1 heterocycles. The lowest BCUT2D eigenvalue weighted by atomic mass is 10.1. The average Bonchev–Trinajstić information content (AvgIpc) is 2.37. The van der Waals surface area contributed by atoms with Crippen molar-refractivity contribution in [3.8, 4) is 0 Å². The smallest absolute Gasteiger partial charge is 0.365 e. The molecule has 0 saturated carbocycles. The normalized spacial score (nSPS) is 11.2. The zero-order valence-electron chi connectivity index (χ0n) is 10.4. The molecule has 2 aromatic rings. The molecular formula is C13H9ClF3N3O. The topological polar surface area (TPSA) is 68.0 Å². The SMILES string of the molecule is NC(=O)c1c(C(F)(F)F)ccnc1Nc1cccc(Cl)c1. The summed E-state index contributed by atoms with van der Waals surface area (Å²) in [6, 6.07) is 6.94. The highest BCUT2D eigenvalue weighted by Gasteiger charge is 2.36. The number of pyridine rings is 1. The number of nitrogens with two attached hydrogens (primary N) is 1. The van der Waals surface area contributed by atoms with Crippen LogP contribution >= 0.6 is 11.6 Å². The second kappa shape index (κ2) is 5.61. The van der Waals surface area contributed by atoms with E-state index in [9.17, 15) is 18.0 Å². The third kappa shape index (κ3) is 3.43. The molecule has 3 N–H and O–H groups in total. The number of rotatable bonds is 3. The van der Waals surface area contributed by atoms with Gasteiger partial charge in [0.15, 0.2) is 0 Å². The summed E-state index contributed by atoms with van der Waals surface area (Å²) in [4.78, 5) is 15.1. The van der Waals surface area contributed by atoms with Gasteiger partial charge in [0.2, 0.25) is 0 Å². The van der Waals surface area contributed by atoms with Crippen molar-refractivity contribution in [2.75, 3.05) is 5.32 Å². The highest BCUT2D eigenvalue weighted by molar-refractivity contribution is 6.30. The van der Waals surface area contributed by atoms with Crippen LogP contribution in [0.4, 0.5) is 24.7 Å². The number of anilines is 2. The molecule has 8 heteroatoms. The van der Waals surface area contributed by atoms with Gasteiger partial charge in [-0.2, -0.15) is 13.2 Å². The van der Waals surface area contributed by atoms with E-state index in [1.54, 1.807) is 18.2 Å². The van der Waals surface area contributed by atoms with E-state index < -0.39 is 23.2 Å². The second-order valence-electron chi connectivity index (χ2n) is 4.08. The van der Waals surface area contributed by atoms with Gasteiger partial charge in [0, 0.05) is 16.9 Å². The van der Waals surface area contributed by atoms with Crippen LogP contribution < -0.4 is 11.1 Å². The monoisotopic (exact) mass is 315 g/mol. The summed E-state index contributed by atoms with van der Waals surface area (Å²) in [6.45, 7) is 0. The van der Waals surface area contributed by atoms with E-state index in [1.807, 2.05) is 0 Å². The zero-order valence-corrected chi connectivity index (χ0v) is 11.2. The Morgan fingerprint density at radius 1 is 1.29 bits per heavy atom. The first-order valence-corrected chi connectivity index (χ1v) is 6.05. The van der Waals surface area contributed by atoms with Crippen LogP contribution in [0.1, 0.15) is 15.9 Å². The van der Waals surface area contributed by atoms with Gasteiger partial charge in [0.25, 0.3) is 5.91 Å². The van der Waals surface area contributed by atoms with Crippen molar-refractivity contribution in [1.82, 2.24) is 4.98 Å². The van der Waals surface area contributed by atoms with Gasteiger partial charge in [-0.3, -0.25) is 4.79 Å². The molecule has 0 radical (unpaired) electrons. The van der Waals surface area contributed by atoms with E-state index in [0.29, 0.717) is 16.8 Å². The molecule has 110 valence electrons. The third-order valence-corrected chi connectivity index (χ3v) is 2.83. The van der Waals surface area contributed by atoms with Crippen molar-refractivity contribution in [3.05, 3.63) is 52.7 Å². The number of aromatic nitrogens is 1. The van der Waals surface area contributed by atoms with E-state index in [1.165, 1.54) is 6.07 Å². The van der Waals surface area contributed by atoms with Gasteiger partial charge in [-0.05, 0) is 24.3 Å². The van der Waals surface area contributed by atoms with E-state index in [4.69, 9.17) is 17.3 Å². The fourth-order valence-electron chi connectivity index (χ4n) is 1.75. The van der Waals surface area contributed by atoms with Gasteiger partial charge in [-0.1, -0.05) is 17.7 Å².